The summed E-state index contributed by atoms with van der Waals surface area (Å²) in [6.07, 6.45) is 7.62. The first-order valence-corrected chi connectivity index (χ1v) is 7.45. The Labute approximate surface area is 120 Å². The van der Waals surface area contributed by atoms with E-state index in [1.165, 1.54) is 38.5 Å². The zero-order valence-corrected chi connectivity index (χ0v) is 12.4. The quantitative estimate of drug-likeness (QED) is 0.378. The highest BCUT2D eigenvalue weighted by Crippen LogP contribution is 2.26. The summed E-state index contributed by atoms with van der Waals surface area (Å²) in [6, 6.07) is 5.78. The number of nitro groups is 1. The lowest BCUT2D eigenvalue weighted by molar-refractivity contribution is -0.385. The Balaban J connectivity index is 2.05. The minimum atomic E-state index is -0.336. The van der Waals surface area contributed by atoms with Crippen molar-refractivity contribution >= 4 is 34.0 Å². The summed E-state index contributed by atoms with van der Waals surface area (Å²) in [5.74, 6) is 0. The van der Waals surface area contributed by atoms with Gasteiger partial charge in [-0.25, -0.2) is 0 Å². The zero-order valence-electron chi connectivity index (χ0n) is 10.2. The number of hydrogen-bond donors (Lipinski definition) is 1. The van der Waals surface area contributed by atoms with Gasteiger partial charge in [0.05, 0.1) is 8.49 Å². The Bertz CT molecular complexity index is 429. The van der Waals surface area contributed by atoms with Crippen molar-refractivity contribution in [1.29, 1.82) is 0 Å². The highest BCUT2D eigenvalue weighted by molar-refractivity contribution is 14.1. The number of nitro benzene ring substituents is 1. The van der Waals surface area contributed by atoms with Gasteiger partial charge < -0.3 is 5.32 Å². The molecule has 2 rings (SSSR count). The Morgan fingerprint density at radius 1 is 1.22 bits per heavy atom. The fourth-order valence-electron chi connectivity index (χ4n) is 2.40. The number of nitrogens with zero attached hydrogens (tertiary/aromatic N) is 1. The molecule has 1 aromatic rings. The molecule has 0 bridgehead atoms. The maximum absolute atomic E-state index is 10.7. The van der Waals surface area contributed by atoms with Crippen LogP contribution in [0.2, 0.25) is 0 Å². The molecule has 0 aliphatic heterocycles. The topological polar surface area (TPSA) is 55.2 Å². The Morgan fingerprint density at radius 2 is 1.89 bits per heavy atom. The SMILES string of the molecule is O=[N+]([O-])c1ccc(NC2CCCCCC2)cc1I. The van der Waals surface area contributed by atoms with Crippen LogP contribution in [0.15, 0.2) is 18.2 Å². The molecule has 0 spiro atoms. The first-order valence-electron chi connectivity index (χ1n) is 6.37. The zero-order chi connectivity index (χ0) is 13.0. The van der Waals surface area contributed by atoms with E-state index in [2.05, 4.69) is 5.32 Å². The predicted molar refractivity (Wildman–Crippen MR) is 80.9 cm³/mol. The van der Waals surface area contributed by atoms with Gasteiger partial charge in [-0.15, -0.1) is 0 Å². The van der Waals surface area contributed by atoms with E-state index in [0.717, 1.165) is 5.69 Å². The van der Waals surface area contributed by atoms with Crippen LogP contribution < -0.4 is 5.32 Å². The first kappa shape index (κ1) is 13.6. The summed E-state index contributed by atoms with van der Waals surface area (Å²) >= 11 is 2.02. The van der Waals surface area contributed by atoms with Crippen LogP contribution in [0, 0.1) is 13.7 Å². The molecule has 1 aromatic carbocycles. The smallest absolute Gasteiger partial charge is 0.282 e. The molecule has 0 saturated heterocycles. The van der Waals surface area contributed by atoms with Gasteiger partial charge in [-0.05, 0) is 47.6 Å². The predicted octanol–water partition coefficient (Wildman–Crippen LogP) is 4.33. The lowest BCUT2D eigenvalue weighted by Crippen LogP contribution is -2.18. The monoisotopic (exact) mass is 360 g/mol. The fourth-order valence-corrected chi connectivity index (χ4v) is 3.12. The number of hydrogen-bond acceptors (Lipinski definition) is 3. The molecule has 18 heavy (non-hydrogen) atoms. The molecular formula is C13H17IN2O2. The number of rotatable bonds is 3. The molecule has 5 heteroatoms. The third kappa shape index (κ3) is 3.57. The number of benzene rings is 1. The van der Waals surface area contributed by atoms with E-state index >= 15 is 0 Å². The Kier molecular flexibility index (Phi) is 4.79. The molecule has 4 nitrogen and oxygen atoms in total. The summed E-state index contributed by atoms with van der Waals surface area (Å²) in [6.45, 7) is 0. The highest BCUT2D eigenvalue weighted by atomic mass is 127. The van der Waals surface area contributed by atoms with E-state index in [4.69, 9.17) is 0 Å². The molecular weight excluding hydrogens is 343 g/mol. The van der Waals surface area contributed by atoms with E-state index in [9.17, 15) is 10.1 Å². The molecule has 1 fully saturated rings. The Morgan fingerprint density at radius 3 is 2.44 bits per heavy atom. The molecule has 1 N–H and O–H groups in total. The molecule has 1 aliphatic carbocycles. The van der Waals surface area contributed by atoms with Crippen LogP contribution in [0.1, 0.15) is 38.5 Å². The van der Waals surface area contributed by atoms with Crippen LogP contribution in [0.3, 0.4) is 0 Å². The molecule has 0 unspecified atom stereocenters. The molecule has 1 saturated carbocycles. The van der Waals surface area contributed by atoms with E-state index in [1.807, 2.05) is 34.7 Å². The lowest BCUT2D eigenvalue weighted by atomic mass is 10.1. The normalized spacial score (nSPS) is 17.2. The van der Waals surface area contributed by atoms with Crippen LogP contribution in [-0.2, 0) is 0 Å². The standard InChI is InChI=1S/C13H17IN2O2/c14-12-9-11(7-8-13(12)16(17)18)15-10-5-3-1-2-4-6-10/h7-10,15H,1-6H2. The van der Waals surface area contributed by atoms with Gasteiger partial charge in [0, 0.05) is 17.8 Å². The molecule has 0 heterocycles. The van der Waals surface area contributed by atoms with Gasteiger partial charge >= 0.3 is 0 Å². The van der Waals surface area contributed by atoms with Gasteiger partial charge in [-0.3, -0.25) is 10.1 Å². The second kappa shape index (κ2) is 6.36. The van der Waals surface area contributed by atoms with Gasteiger partial charge in [0.2, 0.25) is 0 Å². The van der Waals surface area contributed by atoms with E-state index in [1.54, 1.807) is 6.07 Å². The van der Waals surface area contributed by atoms with Gasteiger partial charge in [0.25, 0.3) is 5.69 Å². The maximum Gasteiger partial charge on any atom is 0.282 e. The third-order valence-corrected chi connectivity index (χ3v) is 4.23. The van der Waals surface area contributed by atoms with Crippen molar-refractivity contribution in [1.82, 2.24) is 0 Å². The summed E-state index contributed by atoms with van der Waals surface area (Å²) in [7, 11) is 0. The molecule has 0 radical (unpaired) electrons. The van der Waals surface area contributed by atoms with Crippen molar-refractivity contribution in [2.45, 2.75) is 44.6 Å². The summed E-state index contributed by atoms with van der Waals surface area (Å²) in [5.41, 5.74) is 1.18. The minimum absolute atomic E-state index is 0.182. The van der Waals surface area contributed by atoms with Gasteiger partial charge in [-0.1, -0.05) is 25.7 Å². The fraction of sp³-hybridized carbons (Fsp3) is 0.538. The molecule has 0 aromatic heterocycles. The van der Waals surface area contributed by atoms with Crippen LogP contribution in [-0.4, -0.2) is 11.0 Å². The Hall–Kier alpha value is -0.850. The molecule has 0 amide bonds. The lowest BCUT2D eigenvalue weighted by Gasteiger charge is -2.17. The van der Waals surface area contributed by atoms with Gasteiger partial charge in [-0.2, -0.15) is 0 Å². The van der Waals surface area contributed by atoms with Crippen LogP contribution in [0.5, 0.6) is 0 Å². The summed E-state index contributed by atoms with van der Waals surface area (Å²) < 4.78 is 0.691. The highest BCUT2D eigenvalue weighted by Gasteiger charge is 2.15. The summed E-state index contributed by atoms with van der Waals surface area (Å²) in [5, 5.41) is 14.2. The first-order chi connectivity index (χ1) is 8.66. The van der Waals surface area contributed by atoms with Gasteiger partial charge in [0.1, 0.15) is 0 Å². The van der Waals surface area contributed by atoms with Crippen LogP contribution in [0.4, 0.5) is 11.4 Å². The number of anilines is 1. The second-order valence-corrected chi connectivity index (χ2v) is 5.92. The van der Waals surface area contributed by atoms with Crippen molar-refractivity contribution in [3.05, 3.63) is 31.9 Å². The third-order valence-electron chi connectivity index (χ3n) is 3.37. The van der Waals surface area contributed by atoms with Gasteiger partial charge in [0.15, 0.2) is 0 Å². The van der Waals surface area contributed by atoms with Crippen molar-refractivity contribution in [2.24, 2.45) is 0 Å². The second-order valence-electron chi connectivity index (χ2n) is 4.76. The molecule has 1 aliphatic rings. The van der Waals surface area contributed by atoms with Crippen molar-refractivity contribution in [3.8, 4) is 0 Å². The van der Waals surface area contributed by atoms with Crippen molar-refractivity contribution < 1.29 is 4.92 Å². The van der Waals surface area contributed by atoms with Crippen molar-refractivity contribution in [3.63, 3.8) is 0 Å². The minimum Gasteiger partial charge on any atom is -0.382 e. The number of nitrogens with one attached hydrogen (secondary N) is 1. The van der Waals surface area contributed by atoms with Crippen molar-refractivity contribution in [2.75, 3.05) is 5.32 Å². The maximum atomic E-state index is 10.7. The van der Waals surface area contributed by atoms with E-state index in [-0.39, 0.29) is 10.6 Å². The van der Waals surface area contributed by atoms with E-state index < -0.39 is 0 Å². The molecule has 0 atom stereocenters. The van der Waals surface area contributed by atoms with Crippen LogP contribution >= 0.6 is 22.6 Å². The number of halogens is 1. The average molecular weight is 360 g/mol. The van der Waals surface area contributed by atoms with Crippen LogP contribution in [0.25, 0.3) is 0 Å². The largest absolute Gasteiger partial charge is 0.382 e. The molecule has 98 valence electrons. The summed E-state index contributed by atoms with van der Waals surface area (Å²) in [4.78, 5) is 10.4. The average Bonchev–Trinajstić information content (AvgIpc) is 2.57. The van der Waals surface area contributed by atoms with E-state index in [0.29, 0.717) is 9.61 Å².